The fraction of sp³-hybridized carbons (Fsp3) is 0.704. The van der Waals surface area contributed by atoms with Crippen LogP contribution >= 0.6 is 0 Å². The Balaban J connectivity index is 1.62. The third kappa shape index (κ3) is 2.83. The summed E-state index contributed by atoms with van der Waals surface area (Å²) < 4.78 is 23.3. The molecular formula is C27H36O7. The van der Waals surface area contributed by atoms with Gasteiger partial charge in [0.05, 0.1) is 38.3 Å². The number of aliphatic hydroxyl groups excluding tert-OH is 1. The standard InChI is InChI=1S/C27H36O7/c1-15-17-7-9-25(4)23(16-8-10-32-14-16)33-22(30)13-27(15,25)34-20-12-19(28)24(2,3)18(26(17,20)5)11-21(29)31-6/h8,10,14,17-20,23,28H,1,7,9,11-13H2,2-6H3/t17?,18-,19?,20-,23-,25-,26+,27-/m0/s1. The van der Waals surface area contributed by atoms with E-state index in [1.165, 1.54) is 7.11 Å². The second-order valence-electron chi connectivity index (χ2n) is 11.8. The molecule has 186 valence electrons. The molecule has 2 aliphatic carbocycles. The van der Waals surface area contributed by atoms with Crippen LogP contribution in [0.15, 0.2) is 35.2 Å². The molecule has 2 unspecified atom stereocenters. The molecule has 7 heteroatoms. The van der Waals surface area contributed by atoms with Crippen molar-refractivity contribution in [3.05, 3.63) is 36.3 Å². The number of hydrogen-bond donors (Lipinski definition) is 1. The highest BCUT2D eigenvalue weighted by molar-refractivity contribution is 5.74. The molecule has 4 fully saturated rings. The van der Waals surface area contributed by atoms with E-state index in [-0.39, 0.29) is 42.7 Å². The van der Waals surface area contributed by atoms with Gasteiger partial charge in [-0.15, -0.1) is 0 Å². The van der Waals surface area contributed by atoms with Gasteiger partial charge in [-0.2, -0.15) is 0 Å². The number of fused-ring (bicyclic) bond motifs is 3. The van der Waals surface area contributed by atoms with Crippen LogP contribution in [-0.4, -0.2) is 42.0 Å². The third-order valence-electron chi connectivity index (χ3n) is 10.2. The fourth-order valence-corrected chi connectivity index (χ4v) is 8.07. The largest absolute Gasteiger partial charge is 0.472 e. The van der Waals surface area contributed by atoms with E-state index in [0.29, 0.717) is 6.42 Å². The lowest BCUT2D eigenvalue weighted by Crippen LogP contribution is -2.73. The van der Waals surface area contributed by atoms with E-state index in [2.05, 4.69) is 20.4 Å². The summed E-state index contributed by atoms with van der Waals surface area (Å²) in [5.74, 6) is -0.752. The maximum atomic E-state index is 13.0. The molecule has 7 nitrogen and oxygen atoms in total. The molecule has 2 bridgehead atoms. The number of carbonyl (C=O) groups is 2. The monoisotopic (exact) mass is 472 g/mol. The predicted molar refractivity (Wildman–Crippen MR) is 122 cm³/mol. The van der Waals surface area contributed by atoms with Gasteiger partial charge in [-0.3, -0.25) is 9.59 Å². The van der Waals surface area contributed by atoms with Crippen LogP contribution in [0, 0.1) is 28.1 Å². The lowest BCUT2D eigenvalue weighted by molar-refractivity contribution is -0.314. The minimum atomic E-state index is -0.908. The molecule has 5 rings (SSSR count). The van der Waals surface area contributed by atoms with Gasteiger partial charge in [0, 0.05) is 29.2 Å². The Kier molecular flexibility index (Phi) is 5.17. The predicted octanol–water partition coefficient (Wildman–Crippen LogP) is 4.35. The summed E-state index contributed by atoms with van der Waals surface area (Å²) in [7, 11) is 1.40. The van der Waals surface area contributed by atoms with Crippen LogP contribution in [0.3, 0.4) is 0 Å². The third-order valence-corrected chi connectivity index (χ3v) is 10.2. The zero-order chi connectivity index (χ0) is 24.7. The number of rotatable bonds is 3. The van der Waals surface area contributed by atoms with Crippen molar-refractivity contribution in [3.63, 3.8) is 0 Å². The maximum absolute atomic E-state index is 13.0. The van der Waals surface area contributed by atoms with Crippen molar-refractivity contribution in [2.45, 2.75) is 83.7 Å². The molecule has 4 aliphatic rings. The molecule has 0 aromatic carbocycles. The molecule has 2 aliphatic heterocycles. The fourth-order valence-electron chi connectivity index (χ4n) is 8.07. The number of methoxy groups -OCH3 is 1. The van der Waals surface area contributed by atoms with Gasteiger partial charge in [0.2, 0.25) is 0 Å². The van der Waals surface area contributed by atoms with E-state index in [0.717, 1.165) is 24.0 Å². The van der Waals surface area contributed by atoms with Crippen LogP contribution in [0.25, 0.3) is 0 Å². The van der Waals surface area contributed by atoms with E-state index in [1.54, 1.807) is 12.5 Å². The number of ether oxygens (including phenoxy) is 3. The summed E-state index contributed by atoms with van der Waals surface area (Å²) in [6.07, 6.45) is 4.06. The minimum absolute atomic E-state index is 0.0386. The van der Waals surface area contributed by atoms with Gasteiger partial charge in [0.1, 0.15) is 11.7 Å². The van der Waals surface area contributed by atoms with Crippen LogP contribution < -0.4 is 0 Å². The molecule has 2 saturated heterocycles. The van der Waals surface area contributed by atoms with Crippen LogP contribution in [0.4, 0.5) is 0 Å². The molecule has 2 saturated carbocycles. The minimum Gasteiger partial charge on any atom is -0.472 e. The van der Waals surface area contributed by atoms with Gasteiger partial charge in [-0.1, -0.05) is 34.3 Å². The van der Waals surface area contributed by atoms with Gasteiger partial charge in [0.25, 0.3) is 0 Å². The highest BCUT2D eigenvalue weighted by Crippen LogP contribution is 2.72. The summed E-state index contributed by atoms with van der Waals surface area (Å²) >= 11 is 0. The SMILES string of the molecule is C=C1C2CC[C@@]3(C)[C@H](c4ccoc4)OC(=O)C[C@]13O[C@H]1CC(O)C(C)(C)[C@H](CC(=O)OC)[C@@]21C. The van der Waals surface area contributed by atoms with Gasteiger partial charge >= 0.3 is 11.9 Å². The first-order valence-electron chi connectivity index (χ1n) is 12.3. The molecule has 8 atom stereocenters. The molecular weight excluding hydrogens is 436 g/mol. The quantitative estimate of drug-likeness (QED) is 0.516. The number of cyclic esters (lactones) is 1. The maximum Gasteiger partial charge on any atom is 0.309 e. The summed E-state index contributed by atoms with van der Waals surface area (Å²) in [5, 5.41) is 11.2. The van der Waals surface area contributed by atoms with E-state index >= 15 is 0 Å². The average molecular weight is 473 g/mol. The molecule has 0 amide bonds. The number of furan rings is 1. The Morgan fingerprint density at radius 3 is 2.68 bits per heavy atom. The Bertz CT molecular complexity index is 1010. The smallest absolute Gasteiger partial charge is 0.309 e. The summed E-state index contributed by atoms with van der Waals surface area (Å²) in [4.78, 5) is 25.5. The summed E-state index contributed by atoms with van der Waals surface area (Å²) in [5.41, 5.74) is -0.672. The van der Waals surface area contributed by atoms with Gasteiger partial charge in [-0.05, 0) is 41.7 Å². The molecule has 1 aromatic heterocycles. The normalized spacial score (nSPS) is 45.1. The van der Waals surface area contributed by atoms with E-state index in [9.17, 15) is 14.7 Å². The first kappa shape index (κ1) is 23.6. The van der Waals surface area contributed by atoms with Crippen molar-refractivity contribution >= 4 is 11.9 Å². The second-order valence-corrected chi connectivity index (χ2v) is 11.8. The van der Waals surface area contributed by atoms with E-state index in [1.807, 2.05) is 19.9 Å². The van der Waals surface area contributed by atoms with E-state index < -0.39 is 34.1 Å². The lowest BCUT2D eigenvalue weighted by Gasteiger charge is -2.71. The molecule has 3 heterocycles. The molecule has 1 N–H and O–H groups in total. The van der Waals surface area contributed by atoms with Crippen molar-refractivity contribution in [1.82, 2.24) is 0 Å². The Labute approximate surface area is 200 Å². The van der Waals surface area contributed by atoms with Crippen molar-refractivity contribution in [2.75, 3.05) is 7.11 Å². The number of esters is 2. The van der Waals surface area contributed by atoms with Crippen LogP contribution in [0.1, 0.15) is 71.5 Å². The number of aliphatic hydroxyl groups is 1. The summed E-state index contributed by atoms with van der Waals surface area (Å²) in [6.45, 7) is 12.9. The van der Waals surface area contributed by atoms with Gasteiger partial charge in [-0.25, -0.2) is 0 Å². The Hall–Kier alpha value is -2.12. The molecule has 0 radical (unpaired) electrons. The van der Waals surface area contributed by atoms with Gasteiger partial charge in [0.15, 0.2) is 0 Å². The summed E-state index contributed by atoms with van der Waals surface area (Å²) in [6, 6.07) is 1.84. The highest BCUT2D eigenvalue weighted by Gasteiger charge is 2.73. The van der Waals surface area contributed by atoms with Crippen LogP contribution in [0.2, 0.25) is 0 Å². The Morgan fingerprint density at radius 2 is 2.03 bits per heavy atom. The average Bonchev–Trinajstić information content (AvgIpc) is 3.30. The van der Waals surface area contributed by atoms with Crippen LogP contribution in [-0.2, 0) is 23.8 Å². The lowest BCUT2D eigenvalue weighted by atomic mass is 9.41. The molecule has 1 spiro atoms. The van der Waals surface area contributed by atoms with Crippen molar-refractivity contribution in [3.8, 4) is 0 Å². The van der Waals surface area contributed by atoms with Crippen LogP contribution in [0.5, 0.6) is 0 Å². The first-order chi connectivity index (χ1) is 15.9. The molecule has 1 aromatic rings. The van der Waals surface area contributed by atoms with Crippen molar-refractivity contribution in [2.24, 2.45) is 28.1 Å². The second kappa shape index (κ2) is 7.44. The van der Waals surface area contributed by atoms with Crippen molar-refractivity contribution < 1.29 is 33.3 Å². The number of carbonyl (C=O) groups excluding carboxylic acids is 2. The van der Waals surface area contributed by atoms with E-state index in [4.69, 9.17) is 18.6 Å². The topological polar surface area (TPSA) is 95.2 Å². The molecule has 34 heavy (non-hydrogen) atoms. The Morgan fingerprint density at radius 1 is 1.29 bits per heavy atom. The zero-order valence-electron chi connectivity index (χ0n) is 20.8. The van der Waals surface area contributed by atoms with Crippen molar-refractivity contribution in [1.29, 1.82) is 0 Å². The highest BCUT2D eigenvalue weighted by atomic mass is 16.6. The number of hydrogen-bond acceptors (Lipinski definition) is 7. The first-order valence-corrected chi connectivity index (χ1v) is 12.3. The van der Waals surface area contributed by atoms with Gasteiger partial charge < -0.3 is 23.7 Å². The zero-order valence-corrected chi connectivity index (χ0v) is 20.8.